The van der Waals surface area contributed by atoms with Gasteiger partial charge in [-0.05, 0) is 12.0 Å². The maximum absolute atomic E-state index is 11.4. The minimum atomic E-state index is -0.451. The van der Waals surface area contributed by atoms with Crippen LogP contribution < -0.4 is 5.69 Å². The number of nitrogens with zero attached hydrogens (tertiary/aromatic N) is 2. The van der Waals surface area contributed by atoms with Crippen LogP contribution in [-0.2, 0) is 19.5 Å². The molecule has 0 aliphatic carbocycles. The predicted octanol–water partition coefficient (Wildman–Crippen LogP) is 1.14. The first-order chi connectivity index (χ1) is 9.76. The number of fused-ring (bicyclic) bond motifs is 1. The highest BCUT2D eigenvalue weighted by atomic mass is 16.1. The highest BCUT2D eigenvalue weighted by molar-refractivity contribution is 5.74. The van der Waals surface area contributed by atoms with Crippen molar-refractivity contribution in [3.8, 4) is 0 Å². The van der Waals surface area contributed by atoms with E-state index < -0.39 is 5.69 Å². The smallest absolute Gasteiger partial charge is 0.308 e. The van der Waals surface area contributed by atoms with E-state index in [2.05, 4.69) is 27.0 Å². The van der Waals surface area contributed by atoms with Gasteiger partial charge in [0.05, 0.1) is 0 Å². The normalized spacial score (nSPS) is 14.8. The van der Waals surface area contributed by atoms with Gasteiger partial charge in [0.25, 0.3) is 0 Å². The van der Waals surface area contributed by atoms with E-state index in [1.807, 2.05) is 18.2 Å². The zero-order valence-electron chi connectivity index (χ0n) is 11.0. The van der Waals surface area contributed by atoms with Gasteiger partial charge in [0, 0.05) is 30.9 Å². The van der Waals surface area contributed by atoms with Crippen LogP contribution in [0.3, 0.4) is 0 Å². The number of benzene rings is 1. The van der Waals surface area contributed by atoms with Crippen molar-refractivity contribution in [2.24, 2.45) is 0 Å². The van der Waals surface area contributed by atoms with E-state index in [9.17, 15) is 9.59 Å². The Hall–Kier alpha value is -2.27. The van der Waals surface area contributed by atoms with Crippen molar-refractivity contribution in [2.45, 2.75) is 19.5 Å². The Kier molecular flexibility index (Phi) is 3.43. The molecule has 0 spiro atoms. The highest BCUT2D eigenvalue weighted by Crippen LogP contribution is 2.19. The zero-order valence-corrected chi connectivity index (χ0v) is 11.0. The Balaban J connectivity index is 1.83. The summed E-state index contributed by atoms with van der Waals surface area (Å²) >= 11 is 0. The van der Waals surface area contributed by atoms with E-state index in [-0.39, 0.29) is 5.69 Å². The fourth-order valence-electron chi connectivity index (χ4n) is 2.62. The number of H-pyrrole nitrogens is 1. The Bertz CT molecular complexity index is 679. The van der Waals surface area contributed by atoms with Crippen LogP contribution in [0.4, 0.5) is 0 Å². The molecule has 20 heavy (non-hydrogen) atoms. The van der Waals surface area contributed by atoms with Gasteiger partial charge in [-0.25, -0.2) is 4.79 Å². The van der Waals surface area contributed by atoms with Crippen molar-refractivity contribution < 1.29 is 4.79 Å². The van der Waals surface area contributed by atoms with Gasteiger partial charge in [-0.15, -0.1) is 0 Å². The molecule has 5 heteroatoms. The highest BCUT2D eigenvalue weighted by Gasteiger charge is 2.20. The summed E-state index contributed by atoms with van der Waals surface area (Å²) < 4.78 is 0. The number of hydrogen-bond acceptors (Lipinski definition) is 4. The maximum Gasteiger partial charge on any atom is 0.345 e. The summed E-state index contributed by atoms with van der Waals surface area (Å²) in [6.45, 7) is 2.33. The second-order valence-electron chi connectivity index (χ2n) is 4.95. The van der Waals surface area contributed by atoms with Gasteiger partial charge in [-0.1, -0.05) is 30.3 Å². The van der Waals surface area contributed by atoms with Crippen molar-refractivity contribution in [2.75, 3.05) is 6.54 Å². The average Bonchev–Trinajstić information content (AvgIpc) is 2.47. The van der Waals surface area contributed by atoms with E-state index >= 15 is 0 Å². The lowest BCUT2D eigenvalue weighted by molar-refractivity contribution is 0.111. The molecule has 0 atom stereocenters. The summed E-state index contributed by atoms with van der Waals surface area (Å²) in [6.07, 6.45) is 1.40. The molecule has 1 aromatic carbocycles. The Morgan fingerprint density at radius 3 is 2.85 bits per heavy atom. The van der Waals surface area contributed by atoms with E-state index in [4.69, 9.17) is 0 Å². The molecule has 0 saturated heterocycles. The van der Waals surface area contributed by atoms with Gasteiger partial charge in [-0.2, -0.15) is 4.98 Å². The molecule has 1 aliphatic heterocycles. The minimum absolute atomic E-state index is 0.281. The van der Waals surface area contributed by atoms with Crippen LogP contribution in [-0.4, -0.2) is 27.7 Å². The topological polar surface area (TPSA) is 66.1 Å². The monoisotopic (exact) mass is 269 g/mol. The largest absolute Gasteiger partial charge is 0.345 e. The summed E-state index contributed by atoms with van der Waals surface area (Å²) in [6, 6.07) is 10.2. The van der Waals surface area contributed by atoms with Crippen molar-refractivity contribution in [1.82, 2.24) is 14.9 Å². The molecule has 3 rings (SSSR count). The summed E-state index contributed by atoms with van der Waals surface area (Å²) in [7, 11) is 0. The van der Waals surface area contributed by atoms with Gasteiger partial charge in [0.2, 0.25) is 0 Å². The van der Waals surface area contributed by atoms with Gasteiger partial charge in [0.1, 0.15) is 5.69 Å². The Morgan fingerprint density at radius 1 is 1.30 bits per heavy atom. The van der Waals surface area contributed by atoms with Gasteiger partial charge in [-0.3, -0.25) is 9.69 Å². The quantitative estimate of drug-likeness (QED) is 0.849. The molecule has 0 bridgehead atoms. The van der Waals surface area contributed by atoms with Crippen molar-refractivity contribution in [1.29, 1.82) is 0 Å². The summed E-state index contributed by atoms with van der Waals surface area (Å²) in [4.78, 5) is 31.1. The first-order valence-corrected chi connectivity index (χ1v) is 6.60. The number of carbonyl (C=O) groups is 1. The predicted molar refractivity (Wildman–Crippen MR) is 74.5 cm³/mol. The van der Waals surface area contributed by atoms with Gasteiger partial charge in [0.15, 0.2) is 6.29 Å². The van der Waals surface area contributed by atoms with E-state index in [0.29, 0.717) is 12.8 Å². The molecule has 1 aromatic heterocycles. The zero-order chi connectivity index (χ0) is 13.9. The number of nitrogens with one attached hydrogen (secondary N) is 1. The van der Waals surface area contributed by atoms with Crippen LogP contribution in [0.2, 0.25) is 0 Å². The van der Waals surface area contributed by atoms with Crippen LogP contribution >= 0.6 is 0 Å². The third-order valence-electron chi connectivity index (χ3n) is 3.57. The lowest BCUT2D eigenvalue weighted by Gasteiger charge is -2.28. The fourth-order valence-corrected chi connectivity index (χ4v) is 2.62. The number of aromatic nitrogens is 2. The number of aldehydes is 1. The summed E-state index contributed by atoms with van der Waals surface area (Å²) in [5, 5.41) is 0. The molecule has 0 amide bonds. The van der Waals surface area contributed by atoms with Crippen LogP contribution in [0.1, 0.15) is 27.3 Å². The molecule has 0 radical (unpaired) electrons. The number of rotatable bonds is 3. The van der Waals surface area contributed by atoms with Gasteiger partial charge >= 0.3 is 5.69 Å². The fraction of sp³-hybridized carbons (Fsp3) is 0.267. The van der Waals surface area contributed by atoms with E-state index in [1.165, 1.54) is 5.56 Å². The maximum atomic E-state index is 11.4. The molecular formula is C15H15N3O2. The second-order valence-corrected chi connectivity index (χ2v) is 4.95. The third-order valence-corrected chi connectivity index (χ3v) is 3.57. The lowest BCUT2D eigenvalue weighted by atomic mass is 10.0. The molecule has 0 fully saturated rings. The molecule has 1 N–H and O–H groups in total. The first-order valence-electron chi connectivity index (χ1n) is 6.60. The van der Waals surface area contributed by atoms with Crippen molar-refractivity contribution >= 4 is 6.29 Å². The van der Waals surface area contributed by atoms with Crippen molar-refractivity contribution in [3.63, 3.8) is 0 Å². The average molecular weight is 269 g/mol. The molecular weight excluding hydrogens is 254 g/mol. The molecule has 1 aliphatic rings. The van der Waals surface area contributed by atoms with Crippen LogP contribution in [0, 0.1) is 0 Å². The number of carbonyl (C=O) groups excluding carboxylic acids is 1. The van der Waals surface area contributed by atoms with E-state index in [1.54, 1.807) is 0 Å². The van der Waals surface area contributed by atoms with Crippen LogP contribution in [0.25, 0.3) is 0 Å². The summed E-state index contributed by atoms with van der Waals surface area (Å²) in [5.74, 6) is 0. The van der Waals surface area contributed by atoms with Crippen molar-refractivity contribution in [3.05, 3.63) is 63.3 Å². The van der Waals surface area contributed by atoms with Crippen LogP contribution in [0.5, 0.6) is 0 Å². The molecule has 5 nitrogen and oxygen atoms in total. The minimum Gasteiger partial charge on any atom is -0.308 e. The Morgan fingerprint density at radius 2 is 2.10 bits per heavy atom. The van der Waals surface area contributed by atoms with E-state index in [0.717, 1.165) is 30.8 Å². The molecule has 2 aromatic rings. The molecule has 0 saturated carbocycles. The lowest BCUT2D eigenvalue weighted by Crippen LogP contribution is -2.34. The first kappa shape index (κ1) is 12.7. The van der Waals surface area contributed by atoms with Crippen LogP contribution in [0.15, 0.2) is 35.1 Å². The SMILES string of the molecule is O=Cc1nc(=O)[nH]c2c1CCN(Cc1ccccc1)C2. The number of aromatic amines is 1. The standard InChI is InChI=1S/C15H15N3O2/c19-10-14-12-6-7-18(8-11-4-2-1-3-5-11)9-13(12)16-15(20)17-14/h1-5,10H,6-9H2,(H,16,17,20). The molecule has 2 heterocycles. The molecule has 102 valence electrons. The summed E-state index contributed by atoms with van der Waals surface area (Å²) in [5.41, 5.74) is 2.76. The number of hydrogen-bond donors (Lipinski definition) is 1. The van der Waals surface area contributed by atoms with Gasteiger partial charge < -0.3 is 4.98 Å². The molecule has 0 unspecified atom stereocenters. The second kappa shape index (κ2) is 5.38. The Labute approximate surface area is 116 Å². The third kappa shape index (κ3) is 2.53.